The summed E-state index contributed by atoms with van der Waals surface area (Å²) >= 11 is 0. The second-order valence-corrected chi connectivity index (χ2v) is 7.77. The molecule has 0 aliphatic heterocycles. The maximum absolute atomic E-state index is 12.2. The third kappa shape index (κ3) is 10.6. The van der Waals surface area contributed by atoms with Crippen molar-refractivity contribution >= 4 is 11.9 Å². The van der Waals surface area contributed by atoms with Crippen LogP contribution in [0.3, 0.4) is 0 Å². The summed E-state index contributed by atoms with van der Waals surface area (Å²) in [7, 11) is 0. The van der Waals surface area contributed by atoms with Crippen LogP contribution in [0.25, 0.3) is 0 Å². The van der Waals surface area contributed by atoms with Crippen molar-refractivity contribution in [2.75, 3.05) is 6.61 Å². The van der Waals surface area contributed by atoms with Gasteiger partial charge < -0.3 is 15.2 Å². The Balaban J connectivity index is 4.31. The summed E-state index contributed by atoms with van der Waals surface area (Å²) < 4.78 is 5.86. The predicted octanol–water partition coefficient (Wildman–Crippen LogP) is 4.15. The lowest BCUT2D eigenvalue weighted by Gasteiger charge is -2.32. The molecule has 0 saturated carbocycles. The Kier molecular flexibility index (Phi) is 10.2. The third-order valence-electron chi connectivity index (χ3n) is 4.87. The van der Waals surface area contributed by atoms with Gasteiger partial charge in [-0.3, -0.25) is 9.59 Å². The topological polar surface area (TPSA) is 75.6 Å². The van der Waals surface area contributed by atoms with E-state index in [1.54, 1.807) is 0 Å². The van der Waals surface area contributed by atoms with Crippen LogP contribution in [0.15, 0.2) is 0 Å². The molecule has 1 amide bonds. The maximum atomic E-state index is 12.2. The summed E-state index contributed by atoms with van der Waals surface area (Å²) in [6.07, 6.45) is 4.71. The summed E-state index contributed by atoms with van der Waals surface area (Å²) in [5.74, 6) is -0.134. The van der Waals surface area contributed by atoms with Gasteiger partial charge in [0.05, 0.1) is 5.60 Å². The molecule has 0 saturated heterocycles. The Hall–Kier alpha value is -1.10. The summed E-state index contributed by atoms with van der Waals surface area (Å²) in [5, 5.41) is 11.9. The van der Waals surface area contributed by atoms with Crippen LogP contribution in [0, 0.1) is 5.92 Å². The molecule has 0 aromatic carbocycles. The minimum absolute atomic E-state index is 0.102. The Morgan fingerprint density at radius 1 is 1.12 bits per heavy atom. The zero-order chi connectivity index (χ0) is 18.8. The maximum Gasteiger partial charge on any atom is 0.303 e. The lowest BCUT2D eigenvalue weighted by Crippen LogP contribution is -2.46. The number of carbonyl (C=O) groups is 2. The molecule has 2 atom stereocenters. The molecule has 5 heteroatoms. The molecule has 0 bridgehead atoms. The molecule has 5 nitrogen and oxygen atoms in total. The van der Waals surface area contributed by atoms with E-state index < -0.39 is 11.6 Å². The van der Waals surface area contributed by atoms with E-state index in [1.807, 2.05) is 20.8 Å². The number of carboxylic acid groups (broad SMARTS) is 1. The second-order valence-electron chi connectivity index (χ2n) is 7.77. The monoisotopic (exact) mass is 343 g/mol. The molecule has 0 aliphatic carbocycles. The van der Waals surface area contributed by atoms with Crippen molar-refractivity contribution in [3.8, 4) is 0 Å². The SMILES string of the molecule is CCC(C)CCC(=O)NC(C)(CC)CCOC(C)(C)CCC(=O)O. The molecule has 0 heterocycles. The van der Waals surface area contributed by atoms with E-state index in [4.69, 9.17) is 9.84 Å². The van der Waals surface area contributed by atoms with Crippen molar-refractivity contribution in [2.24, 2.45) is 5.92 Å². The highest BCUT2D eigenvalue weighted by molar-refractivity contribution is 5.76. The molecular formula is C19H37NO4. The van der Waals surface area contributed by atoms with Gasteiger partial charge in [0.25, 0.3) is 0 Å². The van der Waals surface area contributed by atoms with Crippen LogP contribution in [-0.4, -0.2) is 34.7 Å². The summed E-state index contributed by atoms with van der Waals surface area (Å²) in [5.41, 5.74) is -0.747. The lowest BCUT2D eigenvalue weighted by molar-refractivity contribution is -0.139. The highest BCUT2D eigenvalue weighted by atomic mass is 16.5. The van der Waals surface area contributed by atoms with Gasteiger partial charge in [-0.25, -0.2) is 0 Å². The van der Waals surface area contributed by atoms with Crippen molar-refractivity contribution in [3.63, 3.8) is 0 Å². The fourth-order valence-corrected chi connectivity index (χ4v) is 2.34. The number of amides is 1. The van der Waals surface area contributed by atoms with Gasteiger partial charge in [-0.15, -0.1) is 0 Å². The summed E-state index contributed by atoms with van der Waals surface area (Å²) in [6, 6.07) is 0. The van der Waals surface area contributed by atoms with E-state index in [2.05, 4.69) is 26.1 Å². The predicted molar refractivity (Wildman–Crippen MR) is 97.0 cm³/mol. The van der Waals surface area contributed by atoms with Gasteiger partial charge in [-0.2, -0.15) is 0 Å². The van der Waals surface area contributed by atoms with Gasteiger partial charge >= 0.3 is 5.97 Å². The lowest BCUT2D eigenvalue weighted by atomic mass is 9.93. The summed E-state index contributed by atoms with van der Waals surface area (Å²) in [6.45, 7) is 12.7. The van der Waals surface area contributed by atoms with Gasteiger partial charge in [0, 0.05) is 25.0 Å². The van der Waals surface area contributed by atoms with E-state index in [1.165, 1.54) is 0 Å². The molecule has 0 fully saturated rings. The molecule has 0 aliphatic rings. The largest absolute Gasteiger partial charge is 0.481 e. The number of hydrogen-bond donors (Lipinski definition) is 2. The zero-order valence-corrected chi connectivity index (χ0v) is 16.4. The third-order valence-corrected chi connectivity index (χ3v) is 4.87. The Bertz CT molecular complexity index is 395. The summed E-state index contributed by atoms with van der Waals surface area (Å²) in [4.78, 5) is 22.8. The first-order valence-electron chi connectivity index (χ1n) is 9.20. The molecule has 0 spiro atoms. The van der Waals surface area contributed by atoms with Crippen LogP contribution in [0.1, 0.15) is 86.5 Å². The van der Waals surface area contributed by atoms with Crippen molar-refractivity contribution < 1.29 is 19.4 Å². The van der Waals surface area contributed by atoms with Crippen LogP contribution in [0.5, 0.6) is 0 Å². The van der Waals surface area contributed by atoms with Crippen LogP contribution < -0.4 is 5.32 Å². The van der Waals surface area contributed by atoms with Crippen molar-refractivity contribution in [3.05, 3.63) is 0 Å². The fraction of sp³-hybridized carbons (Fsp3) is 0.895. The van der Waals surface area contributed by atoms with Gasteiger partial charge in [0.1, 0.15) is 0 Å². The average Bonchev–Trinajstić information content (AvgIpc) is 2.50. The highest BCUT2D eigenvalue weighted by Gasteiger charge is 2.26. The Morgan fingerprint density at radius 2 is 1.75 bits per heavy atom. The smallest absolute Gasteiger partial charge is 0.303 e. The fourth-order valence-electron chi connectivity index (χ4n) is 2.34. The zero-order valence-electron chi connectivity index (χ0n) is 16.4. The van der Waals surface area contributed by atoms with E-state index in [0.717, 1.165) is 25.7 Å². The minimum Gasteiger partial charge on any atom is -0.481 e. The Labute approximate surface area is 147 Å². The van der Waals surface area contributed by atoms with E-state index >= 15 is 0 Å². The van der Waals surface area contributed by atoms with E-state index in [-0.39, 0.29) is 17.9 Å². The molecule has 0 radical (unpaired) electrons. The number of rotatable bonds is 13. The molecule has 0 rings (SSSR count). The van der Waals surface area contributed by atoms with Gasteiger partial charge in [-0.05, 0) is 52.4 Å². The minimum atomic E-state index is -0.807. The number of ether oxygens (including phenoxy) is 1. The van der Waals surface area contributed by atoms with Gasteiger partial charge in [0.2, 0.25) is 5.91 Å². The van der Waals surface area contributed by atoms with Crippen LogP contribution >= 0.6 is 0 Å². The van der Waals surface area contributed by atoms with Gasteiger partial charge in [-0.1, -0.05) is 27.2 Å². The average molecular weight is 344 g/mol. The van der Waals surface area contributed by atoms with Crippen molar-refractivity contribution in [2.45, 2.75) is 97.6 Å². The van der Waals surface area contributed by atoms with E-state index in [9.17, 15) is 9.59 Å². The molecule has 2 N–H and O–H groups in total. The van der Waals surface area contributed by atoms with E-state index in [0.29, 0.717) is 25.4 Å². The standard InChI is InChI=1S/C19H37NO4/c1-7-15(3)9-10-16(21)20-19(6,8-2)13-14-24-18(4,5)12-11-17(22)23/h15H,7-14H2,1-6H3,(H,20,21)(H,22,23). The molecule has 2 unspecified atom stereocenters. The number of hydrogen-bond acceptors (Lipinski definition) is 3. The number of aliphatic carboxylic acids is 1. The molecule has 0 aromatic heterocycles. The quantitative estimate of drug-likeness (QED) is 0.527. The van der Waals surface area contributed by atoms with Crippen LogP contribution in [0.4, 0.5) is 0 Å². The van der Waals surface area contributed by atoms with Crippen LogP contribution in [-0.2, 0) is 14.3 Å². The number of carboxylic acids is 1. The molecule has 24 heavy (non-hydrogen) atoms. The number of carbonyl (C=O) groups excluding carboxylic acids is 1. The van der Waals surface area contributed by atoms with Gasteiger partial charge in [0.15, 0.2) is 0 Å². The first-order valence-corrected chi connectivity index (χ1v) is 9.20. The Morgan fingerprint density at radius 3 is 2.25 bits per heavy atom. The van der Waals surface area contributed by atoms with Crippen LogP contribution in [0.2, 0.25) is 0 Å². The first kappa shape index (κ1) is 22.9. The second kappa shape index (κ2) is 10.7. The number of nitrogens with one attached hydrogen (secondary N) is 1. The molecular weight excluding hydrogens is 306 g/mol. The van der Waals surface area contributed by atoms with Crippen molar-refractivity contribution in [1.29, 1.82) is 0 Å². The molecule has 0 aromatic rings. The van der Waals surface area contributed by atoms with Crippen molar-refractivity contribution in [1.82, 2.24) is 5.32 Å². The molecule has 142 valence electrons. The first-order chi connectivity index (χ1) is 11.0. The normalized spacial score (nSPS) is 15.6. The highest BCUT2D eigenvalue weighted by Crippen LogP contribution is 2.21.